The summed E-state index contributed by atoms with van der Waals surface area (Å²) in [6.45, 7) is 0. The van der Waals surface area contributed by atoms with Crippen LogP contribution in [0.3, 0.4) is 0 Å². The van der Waals surface area contributed by atoms with Gasteiger partial charge in [0.15, 0.2) is 0 Å². The second-order valence-corrected chi connectivity index (χ2v) is 4.88. The van der Waals surface area contributed by atoms with E-state index in [1.807, 2.05) is 0 Å². The molecule has 1 atom stereocenters. The van der Waals surface area contributed by atoms with Crippen LogP contribution in [-0.2, 0) is 11.2 Å². The lowest BCUT2D eigenvalue weighted by Crippen LogP contribution is -2.07. The van der Waals surface area contributed by atoms with E-state index in [9.17, 15) is 19.8 Å². The van der Waals surface area contributed by atoms with E-state index in [4.69, 9.17) is 0 Å². The Morgan fingerprint density at radius 3 is 2.73 bits per heavy atom. The summed E-state index contributed by atoms with van der Waals surface area (Å²) in [7, 11) is 1.29. The maximum Gasteiger partial charge on any atom is 0.337 e. The van der Waals surface area contributed by atoms with Crippen molar-refractivity contribution in [3.63, 3.8) is 0 Å². The van der Waals surface area contributed by atoms with Gasteiger partial charge in [-0.05, 0) is 48.2 Å². The number of carbonyl (C=O) groups excluding carboxylic acids is 1. The van der Waals surface area contributed by atoms with Gasteiger partial charge in [0.25, 0.3) is 0 Å². The fraction of sp³-hybridized carbons (Fsp3) is 0.250. The van der Waals surface area contributed by atoms with E-state index in [1.165, 1.54) is 31.5 Å². The van der Waals surface area contributed by atoms with Gasteiger partial charge in [-0.1, -0.05) is 0 Å². The highest BCUT2D eigenvalue weighted by Crippen LogP contribution is 2.24. The number of rotatable bonds is 5. The standard InChI is InChI=1S/C16H17NO5/c1-22-16(21)11-3-6-13(18)10(8-11)2-5-14(19)12-4-7-15(20)17-9-12/h3-4,6-9,14,18-19H,2,5H2,1H3,(H,17,20). The van der Waals surface area contributed by atoms with E-state index in [0.717, 1.165) is 0 Å². The van der Waals surface area contributed by atoms with Crippen LogP contribution in [0.15, 0.2) is 41.3 Å². The third-order valence-electron chi connectivity index (χ3n) is 3.38. The maximum absolute atomic E-state index is 11.5. The van der Waals surface area contributed by atoms with Crippen LogP contribution in [0.1, 0.15) is 34.0 Å². The molecule has 3 N–H and O–H groups in total. The van der Waals surface area contributed by atoms with E-state index in [-0.39, 0.29) is 11.3 Å². The number of aromatic nitrogens is 1. The SMILES string of the molecule is COC(=O)c1ccc(O)c(CCC(O)c2ccc(=O)[nH]c2)c1. The molecule has 6 nitrogen and oxygen atoms in total. The Bertz CT molecular complexity index is 702. The van der Waals surface area contributed by atoms with Gasteiger partial charge in [-0.25, -0.2) is 4.79 Å². The number of carbonyl (C=O) groups is 1. The van der Waals surface area contributed by atoms with Crippen molar-refractivity contribution in [1.82, 2.24) is 4.98 Å². The van der Waals surface area contributed by atoms with Crippen molar-refractivity contribution in [1.29, 1.82) is 0 Å². The number of H-pyrrole nitrogens is 1. The van der Waals surface area contributed by atoms with Crippen LogP contribution in [-0.4, -0.2) is 28.3 Å². The minimum Gasteiger partial charge on any atom is -0.508 e. The average molecular weight is 303 g/mol. The molecule has 0 saturated heterocycles. The Morgan fingerprint density at radius 2 is 2.09 bits per heavy atom. The molecule has 0 amide bonds. The number of benzene rings is 1. The number of methoxy groups -OCH3 is 1. The normalized spacial score (nSPS) is 11.9. The minimum absolute atomic E-state index is 0.0568. The number of phenolic OH excluding ortho intramolecular Hbond substituents is 1. The number of phenols is 1. The molecule has 0 saturated carbocycles. The van der Waals surface area contributed by atoms with Crippen LogP contribution in [0.5, 0.6) is 5.75 Å². The molecular weight excluding hydrogens is 286 g/mol. The summed E-state index contributed by atoms with van der Waals surface area (Å²) in [5.74, 6) is -0.427. The van der Waals surface area contributed by atoms with E-state index in [2.05, 4.69) is 9.72 Å². The van der Waals surface area contributed by atoms with Crippen molar-refractivity contribution in [2.45, 2.75) is 18.9 Å². The first-order valence-corrected chi connectivity index (χ1v) is 6.78. The number of pyridine rings is 1. The van der Waals surface area contributed by atoms with E-state index >= 15 is 0 Å². The van der Waals surface area contributed by atoms with Gasteiger partial charge in [-0.3, -0.25) is 4.79 Å². The number of esters is 1. The quantitative estimate of drug-likeness (QED) is 0.727. The van der Waals surface area contributed by atoms with Crippen LogP contribution in [0.4, 0.5) is 0 Å². The van der Waals surface area contributed by atoms with E-state index in [0.29, 0.717) is 29.5 Å². The molecule has 1 unspecified atom stereocenters. The Kier molecular flexibility index (Phi) is 4.95. The number of aromatic hydroxyl groups is 1. The zero-order valence-electron chi connectivity index (χ0n) is 12.1. The Hall–Kier alpha value is -2.60. The molecule has 0 bridgehead atoms. The van der Waals surface area contributed by atoms with Gasteiger partial charge >= 0.3 is 5.97 Å². The number of aliphatic hydroxyl groups is 1. The molecule has 2 aromatic rings. The fourth-order valence-corrected chi connectivity index (χ4v) is 2.12. The van der Waals surface area contributed by atoms with Crippen molar-refractivity contribution in [2.75, 3.05) is 7.11 Å². The first kappa shape index (κ1) is 15.8. The zero-order valence-corrected chi connectivity index (χ0v) is 12.1. The van der Waals surface area contributed by atoms with E-state index < -0.39 is 12.1 Å². The summed E-state index contributed by atoms with van der Waals surface area (Å²) in [6, 6.07) is 7.33. The van der Waals surface area contributed by atoms with Crippen molar-refractivity contribution in [3.8, 4) is 5.75 Å². The third-order valence-corrected chi connectivity index (χ3v) is 3.38. The smallest absolute Gasteiger partial charge is 0.337 e. The van der Waals surface area contributed by atoms with Gasteiger partial charge in [-0.15, -0.1) is 0 Å². The summed E-state index contributed by atoms with van der Waals surface area (Å²) < 4.78 is 4.63. The van der Waals surface area contributed by atoms with Crippen molar-refractivity contribution < 1.29 is 19.7 Å². The number of ether oxygens (including phenoxy) is 1. The summed E-state index contributed by atoms with van der Waals surface area (Å²) in [5.41, 5.74) is 1.24. The Balaban J connectivity index is 2.08. The van der Waals surface area contributed by atoms with Gasteiger partial charge < -0.3 is 19.9 Å². The Morgan fingerprint density at radius 1 is 1.32 bits per heavy atom. The van der Waals surface area contributed by atoms with Gasteiger partial charge in [0, 0.05) is 12.3 Å². The van der Waals surface area contributed by atoms with Gasteiger partial charge in [-0.2, -0.15) is 0 Å². The molecule has 0 radical (unpaired) electrons. The predicted octanol–water partition coefficient (Wildman–Crippen LogP) is 1.53. The average Bonchev–Trinajstić information content (AvgIpc) is 2.53. The summed E-state index contributed by atoms with van der Waals surface area (Å²) in [6.07, 6.45) is 1.39. The summed E-state index contributed by atoms with van der Waals surface area (Å²) >= 11 is 0. The van der Waals surface area contributed by atoms with Crippen molar-refractivity contribution >= 4 is 5.97 Å². The molecule has 116 valence electrons. The highest BCUT2D eigenvalue weighted by molar-refractivity contribution is 5.89. The van der Waals surface area contributed by atoms with Crippen LogP contribution in [0.2, 0.25) is 0 Å². The lowest BCUT2D eigenvalue weighted by Gasteiger charge is -2.12. The monoisotopic (exact) mass is 303 g/mol. The van der Waals surface area contributed by atoms with E-state index in [1.54, 1.807) is 12.1 Å². The second-order valence-electron chi connectivity index (χ2n) is 4.88. The second kappa shape index (κ2) is 6.91. The zero-order chi connectivity index (χ0) is 16.1. The minimum atomic E-state index is -0.780. The topological polar surface area (TPSA) is 99.6 Å². The van der Waals surface area contributed by atoms with Crippen molar-refractivity contribution in [3.05, 3.63) is 63.6 Å². The molecule has 1 aromatic carbocycles. The first-order chi connectivity index (χ1) is 10.5. The predicted molar refractivity (Wildman–Crippen MR) is 79.8 cm³/mol. The molecule has 1 heterocycles. The fourth-order valence-electron chi connectivity index (χ4n) is 2.12. The number of aromatic amines is 1. The molecule has 0 aliphatic heterocycles. The van der Waals surface area contributed by atoms with Crippen LogP contribution >= 0.6 is 0 Å². The summed E-state index contributed by atoms with van der Waals surface area (Å²) in [5, 5.41) is 19.9. The number of aliphatic hydroxyl groups excluding tert-OH is 1. The molecule has 6 heteroatoms. The molecule has 1 aromatic heterocycles. The number of aryl methyl sites for hydroxylation is 1. The van der Waals surface area contributed by atoms with Crippen LogP contribution in [0, 0.1) is 0 Å². The molecule has 0 spiro atoms. The molecule has 0 fully saturated rings. The molecule has 2 rings (SSSR count). The Labute approximate surface area is 127 Å². The largest absolute Gasteiger partial charge is 0.508 e. The molecule has 0 aliphatic rings. The van der Waals surface area contributed by atoms with Gasteiger partial charge in [0.2, 0.25) is 5.56 Å². The lowest BCUT2D eigenvalue weighted by molar-refractivity contribution is 0.0600. The molecular formula is C16H17NO5. The lowest BCUT2D eigenvalue weighted by atomic mass is 10.0. The third kappa shape index (κ3) is 3.73. The number of hydrogen-bond donors (Lipinski definition) is 3. The van der Waals surface area contributed by atoms with Crippen LogP contribution < -0.4 is 5.56 Å². The summed E-state index contributed by atoms with van der Waals surface area (Å²) in [4.78, 5) is 25.0. The highest BCUT2D eigenvalue weighted by atomic mass is 16.5. The maximum atomic E-state index is 11.5. The number of nitrogens with one attached hydrogen (secondary N) is 1. The first-order valence-electron chi connectivity index (χ1n) is 6.78. The molecule has 0 aliphatic carbocycles. The number of hydrogen-bond acceptors (Lipinski definition) is 5. The molecule has 22 heavy (non-hydrogen) atoms. The highest BCUT2D eigenvalue weighted by Gasteiger charge is 2.12. The van der Waals surface area contributed by atoms with Gasteiger partial charge in [0.1, 0.15) is 5.75 Å². The van der Waals surface area contributed by atoms with Gasteiger partial charge in [0.05, 0.1) is 18.8 Å². The van der Waals surface area contributed by atoms with Crippen molar-refractivity contribution in [2.24, 2.45) is 0 Å². The van der Waals surface area contributed by atoms with Crippen LogP contribution in [0.25, 0.3) is 0 Å².